The van der Waals surface area contributed by atoms with Gasteiger partial charge in [0.25, 0.3) is 0 Å². The molecule has 0 radical (unpaired) electrons. The molecule has 1 aliphatic rings. The highest BCUT2D eigenvalue weighted by molar-refractivity contribution is 7.80. The van der Waals surface area contributed by atoms with Gasteiger partial charge in [-0.1, -0.05) is 6.42 Å². The van der Waals surface area contributed by atoms with E-state index >= 15 is 0 Å². The van der Waals surface area contributed by atoms with Crippen molar-refractivity contribution >= 4 is 18.5 Å². The van der Waals surface area contributed by atoms with Crippen molar-refractivity contribution in [3.8, 4) is 0 Å². The second-order valence-electron chi connectivity index (χ2n) is 5.09. The van der Waals surface area contributed by atoms with Crippen LogP contribution in [0.1, 0.15) is 26.2 Å². The van der Waals surface area contributed by atoms with Crippen LogP contribution in [0.15, 0.2) is 0 Å². The molecular weight excluding hydrogens is 298 g/mol. The number of nitrogens with one attached hydrogen (secondary N) is 1. The summed E-state index contributed by atoms with van der Waals surface area (Å²) in [4.78, 5) is 11.2. The van der Waals surface area contributed by atoms with Gasteiger partial charge in [-0.25, -0.2) is 0 Å². The van der Waals surface area contributed by atoms with Gasteiger partial charge in [-0.15, -0.1) is 0 Å². The SMILES string of the molecule is CC(=O)N[C@H]1C(O)[C@@H](O)C(CO)O[C@H]1OCCCCCS. The van der Waals surface area contributed by atoms with E-state index < -0.39 is 37.3 Å². The molecule has 7 nitrogen and oxygen atoms in total. The van der Waals surface area contributed by atoms with E-state index in [0.717, 1.165) is 25.0 Å². The van der Waals surface area contributed by atoms with Crippen LogP contribution in [0.2, 0.25) is 0 Å². The minimum atomic E-state index is -1.28. The maximum absolute atomic E-state index is 11.2. The van der Waals surface area contributed by atoms with Crippen LogP contribution in [-0.4, -0.2) is 70.8 Å². The zero-order valence-corrected chi connectivity index (χ0v) is 13.0. The number of carbonyl (C=O) groups excluding carboxylic acids is 1. The monoisotopic (exact) mass is 323 g/mol. The second-order valence-corrected chi connectivity index (χ2v) is 5.54. The fourth-order valence-corrected chi connectivity index (χ4v) is 2.43. The van der Waals surface area contributed by atoms with Crippen molar-refractivity contribution < 1.29 is 29.6 Å². The first kappa shape index (κ1) is 18.7. The maximum atomic E-state index is 11.2. The second kappa shape index (κ2) is 9.60. The van der Waals surface area contributed by atoms with Crippen molar-refractivity contribution in [1.82, 2.24) is 5.32 Å². The Morgan fingerprint density at radius 1 is 1.29 bits per heavy atom. The van der Waals surface area contributed by atoms with Crippen LogP contribution < -0.4 is 5.32 Å². The molecule has 21 heavy (non-hydrogen) atoms. The molecule has 1 rings (SSSR count). The molecule has 0 spiro atoms. The van der Waals surface area contributed by atoms with Crippen LogP contribution >= 0.6 is 12.6 Å². The number of thiol groups is 1. The first-order chi connectivity index (χ1) is 10.0. The molecule has 4 N–H and O–H groups in total. The van der Waals surface area contributed by atoms with Crippen molar-refractivity contribution in [2.24, 2.45) is 0 Å². The summed E-state index contributed by atoms with van der Waals surface area (Å²) in [5, 5.41) is 31.6. The minimum Gasteiger partial charge on any atom is -0.394 e. The Kier molecular flexibility index (Phi) is 8.53. The molecular formula is C13H25NO6S. The first-order valence-electron chi connectivity index (χ1n) is 7.13. The molecule has 0 aromatic rings. The molecule has 1 fully saturated rings. The summed E-state index contributed by atoms with van der Waals surface area (Å²) in [6, 6.07) is -0.870. The van der Waals surface area contributed by atoms with Gasteiger partial charge in [0.05, 0.1) is 6.61 Å². The number of carbonyl (C=O) groups is 1. The van der Waals surface area contributed by atoms with Crippen LogP contribution in [-0.2, 0) is 14.3 Å². The molecule has 0 bridgehead atoms. The number of aliphatic hydroxyl groups excluding tert-OH is 3. The molecule has 0 saturated carbocycles. The molecule has 0 aliphatic carbocycles. The molecule has 1 heterocycles. The van der Waals surface area contributed by atoms with E-state index in [1.54, 1.807) is 0 Å². The van der Waals surface area contributed by atoms with E-state index in [2.05, 4.69) is 17.9 Å². The van der Waals surface area contributed by atoms with Crippen LogP contribution in [0.4, 0.5) is 0 Å². The normalized spacial score (nSPS) is 32.9. The van der Waals surface area contributed by atoms with Crippen molar-refractivity contribution in [3.63, 3.8) is 0 Å². The molecule has 2 unspecified atom stereocenters. The Labute approximate surface area is 130 Å². The Morgan fingerprint density at radius 3 is 2.57 bits per heavy atom. The third kappa shape index (κ3) is 5.72. The quantitative estimate of drug-likeness (QED) is 0.291. The summed E-state index contributed by atoms with van der Waals surface area (Å²) < 4.78 is 11.0. The summed E-state index contributed by atoms with van der Waals surface area (Å²) in [5.41, 5.74) is 0. The molecule has 1 aliphatic heterocycles. The summed E-state index contributed by atoms with van der Waals surface area (Å²) in [6.45, 7) is 1.26. The number of hydrogen-bond acceptors (Lipinski definition) is 7. The van der Waals surface area contributed by atoms with Gasteiger partial charge in [0.15, 0.2) is 6.29 Å². The van der Waals surface area contributed by atoms with Crippen molar-refractivity contribution in [1.29, 1.82) is 0 Å². The fraction of sp³-hybridized carbons (Fsp3) is 0.923. The Morgan fingerprint density at radius 2 is 2.00 bits per heavy atom. The lowest BCUT2D eigenvalue weighted by Crippen LogP contribution is -2.64. The average Bonchev–Trinajstić information content (AvgIpc) is 2.45. The highest BCUT2D eigenvalue weighted by Crippen LogP contribution is 2.22. The van der Waals surface area contributed by atoms with Crippen molar-refractivity contribution in [2.45, 2.75) is 56.8 Å². The smallest absolute Gasteiger partial charge is 0.217 e. The number of aliphatic hydroxyl groups is 3. The minimum absolute atomic E-state index is 0.360. The largest absolute Gasteiger partial charge is 0.394 e. The Bertz CT molecular complexity index is 319. The number of amides is 1. The van der Waals surface area contributed by atoms with E-state index in [0.29, 0.717) is 6.61 Å². The van der Waals surface area contributed by atoms with E-state index in [4.69, 9.17) is 14.6 Å². The zero-order chi connectivity index (χ0) is 15.8. The predicted octanol–water partition coefficient (Wildman–Crippen LogP) is -0.953. The lowest BCUT2D eigenvalue weighted by Gasteiger charge is -2.42. The standard InChI is InChI=1S/C13H25NO6S/c1-8(16)14-10-12(18)11(17)9(7-15)20-13(10)19-5-3-2-4-6-21/h9-13,15,17-18,21H,2-7H2,1H3,(H,14,16)/t9?,10-,11-,12?,13+/m0/s1. The Balaban J connectivity index is 2.58. The van der Waals surface area contributed by atoms with Crippen LogP contribution in [0.25, 0.3) is 0 Å². The highest BCUT2D eigenvalue weighted by Gasteiger charge is 2.45. The number of unbranched alkanes of at least 4 members (excludes halogenated alkanes) is 2. The molecule has 124 valence electrons. The molecule has 1 amide bonds. The van der Waals surface area contributed by atoms with Gasteiger partial charge in [0, 0.05) is 13.5 Å². The average molecular weight is 323 g/mol. The molecule has 0 aromatic heterocycles. The lowest BCUT2D eigenvalue weighted by molar-refractivity contribution is -0.270. The van der Waals surface area contributed by atoms with Crippen LogP contribution in [0, 0.1) is 0 Å². The van der Waals surface area contributed by atoms with Gasteiger partial charge in [0.2, 0.25) is 5.91 Å². The van der Waals surface area contributed by atoms with Gasteiger partial charge >= 0.3 is 0 Å². The van der Waals surface area contributed by atoms with E-state index in [-0.39, 0.29) is 5.91 Å². The maximum Gasteiger partial charge on any atom is 0.217 e. The lowest BCUT2D eigenvalue weighted by atomic mass is 9.97. The Hall–Kier alpha value is -0.380. The van der Waals surface area contributed by atoms with Gasteiger partial charge < -0.3 is 30.1 Å². The van der Waals surface area contributed by atoms with Gasteiger partial charge in [-0.05, 0) is 18.6 Å². The molecule has 8 heteroatoms. The molecule has 5 atom stereocenters. The number of rotatable bonds is 8. The van der Waals surface area contributed by atoms with Gasteiger partial charge in [-0.3, -0.25) is 4.79 Å². The predicted molar refractivity (Wildman–Crippen MR) is 79.0 cm³/mol. The molecule has 0 aromatic carbocycles. The topological polar surface area (TPSA) is 108 Å². The number of hydrogen-bond donors (Lipinski definition) is 5. The van der Waals surface area contributed by atoms with Crippen LogP contribution in [0.5, 0.6) is 0 Å². The third-order valence-corrected chi connectivity index (χ3v) is 3.65. The van der Waals surface area contributed by atoms with Crippen LogP contribution in [0.3, 0.4) is 0 Å². The molecule has 1 saturated heterocycles. The zero-order valence-electron chi connectivity index (χ0n) is 12.1. The van der Waals surface area contributed by atoms with Gasteiger partial charge in [-0.2, -0.15) is 12.6 Å². The number of ether oxygens (including phenoxy) is 2. The van der Waals surface area contributed by atoms with Crippen molar-refractivity contribution in [3.05, 3.63) is 0 Å². The van der Waals surface area contributed by atoms with E-state index in [9.17, 15) is 15.0 Å². The summed E-state index contributed by atoms with van der Waals surface area (Å²) in [5.74, 6) is 0.451. The van der Waals surface area contributed by atoms with Crippen molar-refractivity contribution in [2.75, 3.05) is 19.0 Å². The summed E-state index contributed by atoms with van der Waals surface area (Å²) >= 11 is 4.12. The van der Waals surface area contributed by atoms with Gasteiger partial charge in [0.1, 0.15) is 24.4 Å². The first-order valence-corrected chi connectivity index (χ1v) is 7.76. The van der Waals surface area contributed by atoms with E-state index in [1.807, 2.05) is 0 Å². The summed E-state index contributed by atoms with van der Waals surface area (Å²) in [7, 11) is 0. The summed E-state index contributed by atoms with van der Waals surface area (Å²) in [6.07, 6.45) is -1.65. The van der Waals surface area contributed by atoms with E-state index in [1.165, 1.54) is 6.92 Å². The fourth-order valence-electron chi connectivity index (χ4n) is 2.20. The third-order valence-electron chi connectivity index (χ3n) is 3.34. The highest BCUT2D eigenvalue weighted by atomic mass is 32.1.